The van der Waals surface area contributed by atoms with E-state index in [1.165, 1.54) is 16.7 Å². The van der Waals surface area contributed by atoms with Gasteiger partial charge in [-0.1, -0.05) is 46.3 Å². The molecular weight excluding hydrogens is 586 g/mol. The van der Waals surface area contributed by atoms with Gasteiger partial charge in [-0.15, -0.1) is 11.8 Å². The van der Waals surface area contributed by atoms with Crippen molar-refractivity contribution in [1.82, 2.24) is 15.5 Å². The second-order valence-corrected chi connectivity index (χ2v) is 12.5. The molecule has 206 valence electrons. The molecule has 1 unspecified atom stereocenters. The van der Waals surface area contributed by atoms with Crippen molar-refractivity contribution >= 4 is 62.9 Å². The van der Waals surface area contributed by atoms with E-state index in [4.69, 9.17) is 0 Å². The number of hydrogen-bond donors (Lipinski definition) is 4. The standard InChI is InChI=1S/C27H30BrN5O5S/c1-27(2)22(26(37)38)33-24(36)21(25(33)39-27)32-23(35)20(15-7-5-4-6-8-15)31-19(34)14-13-18(29-3)30-17-11-9-16(28)10-12-17/h4-12,20-22,25H,13-14H2,1-3H3,(H,29,30)(H,31,34)(H,32,35)(H,37,38)/t20?,21-,22+,25-/m1/s1. The Kier molecular flexibility index (Phi) is 8.65. The van der Waals surface area contributed by atoms with Crippen molar-refractivity contribution in [3.63, 3.8) is 0 Å². The Labute approximate surface area is 239 Å². The SMILES string of the molecule is CN=C(CCC(=O)NC(C(=O)N[C@@H]1C(=O)N2[C@@H]1SC(C)(C)[C@@H]2C(=O)O)c1ccccc1)Nc1ccc(Br)cc1. The molecule has 0 radical (unpaired) electrons. The minimum atomic E-state index is -1.08. The highest BCUT2D eigenvalue weighted by Crippen LogP contribution is 2.50. The van der Waals surface area contributed by atoms with Gasteiger partial charge in [0.2, 0.25) is 17.7 Å². The molecule has 0 aliphatic carbocycles. The molecule has 4 rings (SSSR count). The number of carbonyl (C=O) groups excluding carboxylic acids is 3. The number of carboxylic acids is 1. The van der Waals surface area contributed by atoms with Crippen molar-refractivity contribution in [3.8, 4) is 0 Å². The van der Waals surface area contributed by atoms with Crippen LogP contribution in [0, 0.1) is 0 Å². The molecule has 4 N–H and O–H groups in total. The van der Waals surface area contributed by atoms with Crippen LogP contribution in [0.1, 0.15) is 38.3 Å². The predicted octanol–water partition coefficient (Wildman–Crippen LogP) is 3.16. The topological polar surface area (TPSA) is 140 Å². The number of nitrogens with one attached hydrogen (secondary N) is 3. The minimum Gasteiger partial charge on any atom is -0.480 e. The number of β-lactam (4-membered cyclic amide) rings is 1. The van der Waals surface area contributed by atoms with Crippen LogP contribution in [0.5, 0.6) is 0 Å². The van der Waals surface area contributed by atoms with Crippen LogP contribution in [-0.4, -0.2) is 68.8 Å². The third-order valence-electron chi connectivity index (χ3n) is 6.66. The molecule has 2 aliphatic rings. The largest absolute Gasteiger partial charge is 0.480 e. The summed E-state index contributed by atoms with van der Waals surface area (Å²) < 4.78 is 0.238. The summed E-state index contributed by atoms with van der Waals surface area (Å²) in [4.78, 5) is 56.5. The molecule has 2 aromatic rings. The van der Waals surface area contributed by atoms with Crippen molar-refractivity contribution < 1.29 is 24.3 Å². The fraction of sp³-hybridized carbons (Fsp3) is 0.370. The number of carbonyl (C=O) groups is 4. The Morgan fingerprint density at radius 2 is 1.77 bits per heavy atom. The van der Waals surface area contributed by atoms with E-state index < -0.39 is 46.0 Å². The first-order valence-electron chi connectivity index (χ1n) is 12.4. The highest BCUT2D eigenvalue weighted by molar-refractivity contribution is 9.10. The zero-order valence-corrected chi connectivity index (χ0v) is 24.1. The number of nitrogens with zero attached hydrogens (tertiary/aromatic N) is 2. The summed E-state index contributed by atoms with van der Waals surface area (Å²) >= 11 is 4.74. The number of amides is 3. The quantitative estimate of drug-likeness (QED) is 0.193. The number of carboxylic acid groups (broad SMARTS) is 1. The zero-order chi connectivity index (χ0) is 28.3. The molecule has 2 saturated heterocycles. The molecule has 3 amide bonds. The van der Waals surface area contributed by atoms with Crippen LogP contribution >= 0.6 is 27.7 Å². The number of amidine groups is 1. The maximum atomic E-state index is 13.4. The molecule has 2 aromatic carbocycles. The van der Waals surface area contributed by atoms with E-state index >= 15 is 0 Å². The molecule has 39 heavy (non-hydrogen) atoms. The van der Waals surface area contributed by atoms with Gasteiger partial charge in [0, 0.05) is 34.8 Å². The van der Waals surface area contributed by atoms with Crippen molar-refractivity contribution in [2.24, 2.45) is 4.99 Å². The number of anilines is 1. The van der Waals surface area contributed by atoms with Crippen molar-refractivity contribution in [1.29, 1.82) is 0 Å². The summed E-state index contributed by atoms with van der Waals surface area (Å²) in [6.07, 6.45) is 0.401. The third kappa shape index (κ3) is 6.27. The average Bonchev–Trinajstić information content (AvgIpc) is 3.17. The van der Waals surface area contributed by atoms with Crippen LogP contribution in [0.25, 0.3) is 0 Å². The molecular formula is C27H30BrN5O5S. The van der Waals surface area contributed by atoms with Crippen molar-refractivity contribution in [2.75, 3.05) is 12.4 Å². The number of rotatable bonds is 9. The Balaban J connectivity index is 1.41. The fourth-order valence-electron chi connectivity index (χ4n) is 4.72. The Morgan fingerprint density at radius 3 is 2.38 bits per heavy atom. The Bertz CT molecular complexity index is 1290. The van der Waals surface area contributed by atoms with Gasteiger partial charge in [-0.25, -0.2) is 4.79 Å². The van der Waals surface area contributed by atoms with Crippen LogP contribution < -0.4 is 16.0 Å². The van der Waals surface area contributed by atoms with E-state index in [2.05, 4.69) is 36.9 Å². The summed E-state index contributed by atoms with van der Waals surface area (Å²) in [7, 11) is 1.63. The molecule has 10 nitrogen and oxygen atoms in total. The highest BCUT2D eigenvalue weighted by atomic mass is 79.9. The highest BCUT2D eigenvalue weighted by Gasteiger charge is 2.64. The van der Waals surface area contributed by atoms with Gasteiger partial charge in [0.15, 0.2) is 0 Å². The van der Waals surface area contributed by atoms with Gasteiger partial charge in [-0.3, -0.25) is 19.4 Å². The van der Waals surface area contributed by atoms with Crippen LogP contribution in [0.4, 0.5) is 5.69 Å². The maximum Gasteiger partial charge on any atom is 0.327 e. The number of halogens is 1. The van der Waals surface area contributed by atoms with E-state index in [-0.39, 0.29) is 12.3 Å². The van der Waals surface area contributed by atoms with E-state index in [1.54, 1.807) is 51.2 Å². The van der Waals surface area contributed by atoms with Gasteiger partial charge in [0.05, 0.1) is 0 Å². The van der Waals surface area contributed by atoms with E-state index in [9.17, 15) is 24.3 Å². The van der Waals surface area contributed by atoms with E-state index in [0.29, 0.717) is 17.8 Å². The smallest absolute Gasteiger partial charge is 0.327 e. The number of hydrogen-bond acceptors (Lipinski definition) is 6. The van der Waals surface area contributed by atoms with Gasteiger partial charge >= 0.3 is 5.97 Å². The first kappa shape index (κ1) is 28.6. The average molecular weight is 617 g/mol. The normalized spacial score (nSPS) is 22.4. The van der Waals surface area contributed by atoms with Gasteiger partial charge in [-0.2, -0.15) is 0 Å². The molecule has 12 heteroatoms. The van der Waals surface area contributed by atoms with Gasteiger partial charge in [-0.05, 0) is 43.7 Å². The van der Waals surface area contributed by atoms with Crippen LogP contribution in [0.2, 0.25) is 0 Å². The number of aliphatic carboxylic acids is 1. The lowest BCUT2D eigenvalue weighted by molar-refractivity contribution is -0.161. The number of benzene rings is 2. The number of thioether (sulfide) groups is 1. The van der Waals surface area contributed by atoms with E-state index in [0.717, 1.165) is 10.2 Å². The molecule has 2 heterocycles. The summed E-state index contributed by atoms with van der Waals surface area (Å²) in [5.74, 6) is -1.81. The monoisotopic (exact) mass is 615 g/mol. The molecule has 0 saturated carbocycles. The minimum absolute atomic E-state index is 0.0793. The second-order valence-electron chi connectivity index (χ2n) is 9.80. The van der Waals surface area contributed by atoms with Crippen molar-refractivity contribution in [3.05, 3.63) is 64.6 Å². The van der Waals surface area contributed by atoms with E-state index in [1.807, 2.05) is 24.3 Å². The summed E-state index contributed by atoms with van der Waals surface area (Å²) in [6, 6.07) is 13.4. The molecule has 0 aromatic heterocycles. The first-order valence-corrected chi connectivity index (χ1v) is 14.0. The Hall–Kier alpha value is -3.38. The lowest BCUT2D eigenvalue weighted by Gasteiger charge is -2.44. The molecule has 4 atom stereocenters. The maximum absolute atomic E-state index is 13.4. The molecule has 2 aliphatic heterocycles. The van der Waals surface area contributed by atoms with Gasteiger partial charge < -0.3 is 26.0 Å². The van der Waals surface area contributed by atoms with Crippen LogP contribution in [0.3, 0.4) is 0 Å². The number of fused-ring (bicyclic) bond motifs is 1. The summed E-state index contributed by atoms with van der Waals surface area (Å²) in [6.45, 7) is 3.54. The molecule has 0 bridgehead atoms. The lowest BCUT2D eigenvalue weighted by Crippen LogP contribution is -2.71. The summed E-state index contributed by atoms with van der Waals surface area (Å²) in [5.41, 5.74) is 1.39. The molecule has 2 fully saturated rings. The van der Waals surface area contributed by atoms with Crippen molar-refractivity contribution in [2.45, 2.75) is 54.9 Å². The third-order valence-corrected chi connectivity index (χ3v) is 8.76. The lowest BCUT2D eigenvalue weighted by atomic mass is 9.95. The Morgan fingerprint density at radius 1 is 1.10 bits per heavy atom. The predicted molar refractivity (Wildman–Crippen MR) is 153 cm³/mol. The zero-order valence-electron chi connectivity index (χ0n) is 21.7. The van der Waals surface area contributed by atoms with Crippen LogP contribution in [-0.2, 0) is 19.2 Å². The van der Waals surface area contributed by atoms with Crippen LogP contribution in [0.15, 0.2) is 64.1 Å². The van der Waals surface area contributed by atoms with Gasteiger partial charge in [0.1, 0.15) is 29.3 Å². The summed E-state index contributed by atoms with van der Waals surface area (Å²) in [5, 5.41) is 17.9. The fourth-order valence-corrected chi connectivity index (χ4v) is 6.61. The molecule has 0 spiro atoms. The first-order chi connectivity index (χ1) is 18.5. The van der Waals surface area contributed by atoms with Gasteiger partial charge in [0.25, 0.3) is 0 Å². The second kappa shape index (κ2) is 11.8. The number of aliphatic imine (C=N–C) groups is 1.